The molecule has 2 heterocycles. The average Bonchev–Trinajstić information content (AvgIpc) is 3.15. The number of amides is 2. The Labute approximate surface area is 164 Å². The summed E-state index contributed by atoms with van der Waals surface area (Å²) in [5.74, 6) is 3.20. The molecule has 1 aliphatic heterocycles. The number of hydrogen-bond acceptors (Lipinski definition) is 4. The summed E-state index contributed by atoms with van der Waals surface area (Å²) in [7, 11) is 0. The molecule has 2 amide bonds. The lowest BCUT2D eigenvalue weighted by molar-refractivity contribution is 0.231. The number of rotatable bonds is 8. The van der Waals surface area contributed by atoms with Crippen LogP contribution in [0.3, 0.4) is 0 Å². The van der Waals surface area contributed by atoms with E-state index in [-0.39, 0.29) is 12.6 Å². The summed E-state index contributed by atoms with van der Waals surface area (Å²) in [6, 6.07) is 9.85. The van der Waals surface area contributed by atoms with Gasteiger partial charge in [0.15, 0.2) is 0 Å². The number of nitrogens with zero attached hydrogens (tertiary/aromatic N) is 1. The fourth-order valence-corrected chi connectivity index (χ4v) is 3.98. The molecule has 1 aromatic carbocycles. The minimum absolute atomic E-state index is 0.114. The number of benzene rings is 1. The van der Waals surface area contributed by atoms with E-state index >= 15 is 0 Å². The minimum atomic E-state index is -0.114. The minimum Gasteiger partial charge on any atom is -0.481 e. The lowest BCUT2D eigenvalue weighted by atomic mass is 10.1. The lowest BCUT2D eigenvalue weighted by Gasteiger charge is -2.26. The van der Waals surface area contributed by atoms with Gasteiger partial charge in [0, 0.05) is 37.6 Å². The Kier molecular flexibility index (Phi) is 7.14. The third-order valence-electron chi connectivity index (χ3n) is 4.55. The normalized spacial score (nSPS) is 13.4. The van der Waals surface area contributed by atoms with Gasteiger partial charge in [-0.2, -0.15) is 0 Å². The van der Waals surface area contributed by atoms with Crippen LogP contribution in [0.4, 0.5) is 4.79 Å². The number of terminal acetylenes is 1. The third kappa shape index (κ3) is 6.02. The SMILES string of the molecule is C#CCOc1ccc(CCNC(=O)NCCN2CCc3sccc3C2)cc1. The number of nitrogens with one attached hydrogen (secondary N) is 2. The van der Waals surface area contributed by atoms with E-state index in [1.807, 2.05) is 35.6 Å². The Morgan fingerprint density at radius 3 is 2.85 bits per heavy atom. The fourth-order valence-electron chi connectivity index (χ4n) is 3.09. The largest absolute Gasteiger partial charge is 0.481 e. The van der Waals surface area contributed by atoms with E-state index in [1.165, 1.54) is 10.4 Å². The van der Waals surface area contributed by atoms with E-state index < -0.39 is 0 Å². The van der Waals surface area contributed by atoms with Gasteiger partial charge < -0.3 is 15.4 Å². The van der Waals surface area contributed by atoms with Gasteiger partial charge in [0.2, 0.25) is 0 Å². The summed E-state index contributed by atoms with van der Waals surface area (Å²) < 4.78 is 5.34. The summed E-state index contributed by atoms with van der Waals surface area (Å²) in [5.41, 5.74) is 2.58. The van der Waals surface area contributed by atoms with Gasteiger partial charge in [-0.05, 0) is 47.5 Å². The van der Waals surface area contributed by atoms with E-state index in [2.05, 4.69) is 32.9 Å². The molecule has 2 N–H and O–H groups in total. The quantitative estimate of drug-likeness (QED) is 0.689. The molecular formula is C21H25N3O2S. The maximum atomic E-state index is 11.9. The van der Waals surface area contributed by atoms with Crippen molar-refractivity contribution in [1.29, 1.82) is 0 Å². The Morgan fingerprint density at radius 1 is 1.22 bits per heavy atom. The Morgan fingerprint density at radius 2 is 2.04 bits per heavy atom. The standard InChI is InChI=1S/C21H25N3O2S/c1-2-14-26-19-5-3-17(4-6-19)7-10-22-21(25)23-11-13-24-12-8-20-18(16-24)9-15-27-20/h1,3-6,9,15H,7-8,10-14,16H2,(H2,22,23,25). The molecule has 0 saturated heterocycles. The van der Waals surface area contributed by atoms with Crippen LogP contribution < -0.4 is 15.4 Å². The molecule has 0 aliphatic carbocycles. The smallest absolute Gasteiger partial charge is 0.314 e. The van der Waals surface area contributed by atoms with Crippen molar-refractivity contribution >= 4 is 17.4 Å². The molecule has 142 valence electrons. The molecule has 1 aromatic heterocycles. The first-order valence-electron chi connectivity index (χ1n) is 9.19. The van der Waals surface area contributed by atoms with Gasteiger partial charge in [-0.15, -0.1) is 17.8 Å². The van der Waals surface area contributed by atoms with Crippen molar-refractivity contribution < 1.29 is 9.53 Å². The molecule has 0 spiro atoms. The molecule has 27 heavy (non-hydrogen) atoms. The van der Waals surface area contributed by atoms with Gasteiger partial charge >= 0.3 is 6.03 Å². The van der Waals surface area contributed by atoms with Gasteiger partial charge in [0.05, 0.1) is 0 Å². The van der Waals surface area contributed by atoms with Crippen molar-refractivity contribution in [3.8, 4) is 18.1 Å². The lowest BCUT2D eigenvalue weighted by Crippen LogP contribution is -2.42. The van der Waals surface area contributed by atoms with Crippen LogP contribution in [0.2, 0.25) is 0 Å². The molecule has 0 saturated carbocycles. The average molecular weight is 384 g/mol. The topological polar surface area (TPSA) is 53.6 Å². The van der Waals surface area contributed by atoms with Crippen LogP contribution in [0.25, 0.3) is 0 Å². The van der Waals surface area contributed by atoms with E-state index in [0.29, 0.717) is 13.1 Å². The maximum absolute atomic E-state index is 11.9. The number of carbonyl (C=O) groups is 1. The third-order valence-corrected chi connectivity index (χ3v) is 5.57. The molecule has 0 bridgehead atoms. The van der Waals surface area contributed by atoms with Gasteiger partial charge in [0.1, 0.15) is 12.4 Å². The van der Waals surface area contributed by atoms with Gasteiger partial charge in [-0.3, -0.25) is 4.90 Å². The predicted molar refractivity (Wildman–Crippen MR) is 109 cm³/mol. The second-order valence-electron chi connectivity index (χ2n) is 6.46. The molecule has 0 unspecified atom stereocenters. The predicted octanol–water partition coefficient (Wildman–Crippen LogP) is 2.66. The highest BCUT2D eigenvalue weighted by molar-refractivity contribution is 7.10. The van der Waals surface area contributed by atoms with Gasteiger partial charge in [0.25, 0.3) is 0 Å². The fraction of sp³-hybridized carbons (Fsp3) is 0.381. The molecule has 1 aliphatic rings. The zero-order valence-electron chi connectivity index (χ0n) is 15.4. The number of fused-ring (bicyclic) bond motifs is 1. The monoisotopic (exact) mass is 383 g/mol. The summed E-state index contributed by atoms with van der Waals surface area (Å²) in [5, 5.41) is 8.01. The van der Waals surface area contributed by atoms with Crippen molar-refractivity contribution in [2.75, 3.05) is 32.8 Å². The number of thiophene rings is 1. The van der Waals surface area contributed by atoms with Crippen molar-refractivity contribution in [3.05, 3.63) is 51.7 Å². The van der Waals surface area contributed by atoms with Crippen molar-refractivity contribution in [3.63, 3.8) is 0 Å². The van der Waals surface area contributed by atoms with Crippen LogP contribution >= 0.6 is 11.3 Å². The highest BCUT2D eigenvalue weighted by atomic mass is 32.1. The molecule has 0 radical (unpaired) electrons. The molecule has 2 aromatic rings. The van der Waals surface area contributed by atoms with Crippen LogP contribution in [0.15, 0.2) is 35.7 Å². The number of carbonyl (C=O) groups excluding carboxylic acids is 1. The van der Waals surface area contributed by atoms with E-state index in [4.69, 9.17) is 11.2 Å². The van der Waals surface area contributed by atoms with Crippen LogP contribution in [-0.4, -0.2) is 43.7 Å². The van der Waals surface area contributed by atoms with E-state index in [9.17, 15) is 4.79 Å². The van der Waals surface area contributed by atoms with Gasteiger partial charge in [-0.25, -0.2) is 4.79 Å². The molecule has 0 fully saturated rings. The second-order valence-corrected chi connectivity index (χ2v) is 7.47. The van der Waals surface area contributed by atoms with Crippen LogP contribution in [0.1, 0.15) is 16.0 Å². The molecule has 6 heteroatoms. The van der Waals surface area contributed by atoms with E-state index in [1.54, 1.807) is 0 Å². The first kappa shape index (κ1) is 19.3. The number of hydrogen-bond donors (Lipinski definition) is 2. The highest BCUT2D eigenvalue weighted by Crippen LogP contribution is 2.23. The Bertz CT molecular complexity index is 779. The number of urea groups is 1. The second kappa shape index (κ2) is 10.0. The molecule has 0 atom stereocenters. The maximum Gasteiger partial charge on any atom is 0.314 e. The Hall–Kier alpha value is -2.49. The zero-order chi connectivity index (χ0) is 18.9. The summed E-state index contributed by atoms with van der Waals surface area (Å²) in [6.07, 6.45) is 7.06. The first-order chi connectivity index (χ1) is 13.2. The molecular weight excluding hydrogens is 358 g/mol. The van der Waals surface area contributed by atoms with Crippen LogP contribution in [0, 0.1) is 12.3 Å². The highest BCUT2D eigenvalue weighted by Gasteiger charge is 2.16. The number of ether oxygens (including phenoxy) is 1. The van der Waals surface area contributed by atoms with E-state index in [0.717, 1.165) is 43.8 Å². The van der Waals surface area contributed by atoms with Crippen molar-refractivity contribution in [2.24, 2.45) is 0 Å². The summed E-state index contributed by atoms with van der Waals surface area (Å²) in [6.45, 7) is 4.46. The summed E-state index contributed by atoms with van der Waals surface area (Å²) in [4.78, 5) is 15.8. The molecule has 5 nitrogen and oxygen atoms in total. The van der Waals surface area contributed by atoms with Crippen LogP contribution in [0.5, 0.6) is 5.75 Å². The Balaban J connectivity index is 1.28. The summed E-state index contributed by atoms with van der Waals surface area (Å²) >= 11 is 1.85. The van der Waals surface area contributed by atoms with Crippen LogP contribution in [-0.2, 0) is 19.4 Å². The van der Waals surface area contributed by atoms with Crippen molar-refractivity contribution in [1.82, 2.24) is 15.5 Å². The zero-order valence-corrected chi connectivity index (χ0v) is 16.2. The molecule has 3 rings (SSSR count). The van der Waals surface area contributed by atoms with Gasteiger partial charge in [-0.1, -0.05) is 18.1 Å². The van der Waals surface area contributed by atoms with Crippen molar-refractivity contribution in [2.45, 2.75) is 19.4 Å². The first-order valence-corrected chi connectivity index (χ1v) is 10.1.